The third-order valence-electron chi connectivity index (χ3n) is 6.29. The normalized spacial score (nSPS) is 15.2. The molecule has 0 unspecified atom stereocenters. The van der Waals surface area contributed by atoms with Gasteiger partial charge in [0.1, 0.15) is 17.3 Å². The quantitative estimate of drug-likeness (QED) is 0.201. The van der Waals surface area contributed by atoms with E-state index in [2.05, 4.69) is 4.99 Å². The van der Waals surface area contributed by atoms with Gasteiger partial charge in [0.2, 0.25) is 0 Å². The van der Waals surface area contributed by atoms with Crippen molar-refractivity contribution in [1.82, 2.24) is 4.57 Å². The number of furan rings is 1. The summed E-state index contributed by atoms with van der Waals surface area (Å²) in [5.41, 5.74) is 2.10. The van der Waals surface area contributed by atoms with E-state index in [0.29, 0.717) is 43.2 Å². The number of fused-ring (bicyclic) bond motifs is 1. The van der Waals surface area contributed by atoms with Crippen LogP contribution in [-0.4, -0.2) is 22.1 Å². The first kappa shape index (κ1) is 26.0. The second-order valence-electron chi connectivity index (χ2n) is 8.81. The molecule has 0 aliphatic carbocycles. The molecule has 5 rings (SSSR count). The molecule has 9 nitrogen and oxygen atoms in total. The minimum Gasteiger partial charge on any atom is -0.463 e. The smallest absolute Gasteiger partial charge is 0.338 e. The van der Waals surface area contributed by atoms with Crippen LogP contribution in [0.5, 0.6) is 0 Å². The Morgan fingerprint density at radius 3 is 2.62 bits per heavy atom. The summed E-state index contributed by atoms with van der Waals surface area (Å²) in [6, 6.07) is 12.7. The lowest BCUT2D eigenvalue weighted by Gasteiger charge is -2.24. The van der Waals surface area contributed by atoms with Gasteiger partial charge >= 0.3 is 5.97 Å². The van der Waals surface area contributed by atoms with Gasteiger partial charge in [0.05, 0.1) is 33.4 Å². The maximum absolute atomic E-state index is 13.7. The fourth-order valence-electron chi connectivity index (χ4n) is 4.49. The van der Waals surface area contributed by atoms with E-state index in [1.165, 1.54) is 41.0 Å². The maximum Gasteiger partial charge on any atom is 0.338 e. The molecular formula is C28H22FN3O6S. The van der Waals surface area contributed by atoms with E-state index < -0.39 is 28.3 Å². The topological polar surface area (TPSA) is 117 Å². The Balaban J connectivity index is 1.60. The first-order valence-corrected chi connectivity index (χ1v) is 12.8. The molecule has 0 radical (unpaired) electrons. The molecule has 3 heterocycles. The monoisotopic (exact) mass is 547 g/mol. The Morgan fingerprint density at radius 2 is 1.95 bits per heavy atom. The number of hydrogen-bond acceptors (Lipinski definition) is 8. The standard InChI is InChI=1S/C28H22FN3O6S/c1-4-37-27(34)24-16(3)30-28-31(25(24)17-5-7-18(29)8-6-17)26(33)23(39-28)14-20-10-12-22(38-20)21-11-9-19(32(35)36)13-15(21)2/h5-14,25H,4H2,1-3H3/b23-14-/t25-/m0/s1. The molecule has 0 saturated carbocycles. The number of aryl methyl sites for hydroxylation is 1. The van der Waals surface area contributed by atoms with Crippen molar-refractivity contribution in [3.63, 3.8) is 0 Å². The van der Waals surface area contributed by atoms with Crippen molar-refractivity contribution in [2.75, 3.05) is 6.61 Å². The van der Waals surface area contributed by atoms with Gasteiger partial charge in [-0.3, -0.25) is 19.5 Å². The summed E-state index contributed by atoms with van der Waals surface area (Å²) in [5, 5.41) is 11.1. The molecule has 0 N–H and O–H groups in total. The molecule has 1 aliphatic rings. The second-order valence-corrected chi connectivity index (χ2v) is 9.82. The summed E-state index contributed by atoms with van der Waals surface area (Å²) >= 11 is 1.14. The fourth-order valence-corrected chi connectivity index (χ4v) is 5.52. The van der Waals surface area contributed by atoms with Crippen LogP contribution in [0, 0.1) is 22.9 Å². The average Bonchev–Trinajstić information content (AvgIpc) is 3.48. The summed E-state index contributed by atoms with van der Waals surface area (Å²) in [6.07, 6.45) is 1.58. The molecule has 11 heteroatoms. The highest BCUT2D eigenvalue weighted by molar-refractivity contribution is 7.07. The largest absolute Gasteiger partial charge is 0.463 e. The van der Waals surface area contributed by atoms with Crippen molar-refractivity contribution >= 4 is 29.1 Å². The highest BCUT2D eigenvalue weighted by Crippen LogP contribution is 2.31. The predicted molar refractivity (Wildman–Crippen MR) is 142 cm³/mol. The molecule has 0 fully saturated rings. The number of carbonyl (C=O) groups excluding carboxylic acids is 1. The molecule has 39 heavy (non-hydrogen) atoms. The molecule has 4 aromatic rings. The van der Waals surface area contributed by atoms with Gasteiger partial charge in [0, 0.05) is 23.8 Å². The average molecular weight is 548 g/mol. The van der Waals surface area contributed by atoms with E-state index in [0.717, 1.165) is 11.3 Å². The van der Waals surface area contributed by atoms with Crippen molar-refractivity contribution in [2.24, 2.45) is 4.99 Å². The molecule has 0 bridgehead atoms. The summed E-state index contributed by atoms with van der Waals surface area (Å²) in [6.45, 7) is 5.25. The number of halogens is 1. The Labute approximate surface area is 225 Å². The Hall–Kier alpha value is -4.64. The van der Waals surface area contributed by atoms with E-state index in [1.54, 1.807) is 45.0 Å². The van der Waals surface area contributed by atoms with Crippen LogP contribution in [0.2, 0.25) is 0 Å². The van der Waals surface area contributed by atoms with Gasteiger partial charge in [-0.1, -0.05) is 23.5 Å². The van der Waals surface area contributed by atoms with Gasteiger partial charge in [0.25, 0.3) is 11.2 Å². The van der Waals surface area contributed by atoms with E-state index in [-0.39, 0.29) is 17.9 Å². The number of allylic oxidation sites excluding steroid dienone is 1. The molecule has 0 spiro atoms. The van der Waals surface area contributed by atoms with Crippen LogP contribution < -0.4 is 14.9 Å². The van der Waals surface area contributed by atoms with Crippen LogP contribution in [0.1, 0.15) is 36.8 Å². The number of nitrogens with zero attached hydrogens (tertiary/aromatic N) is 3. The van der Waals surface area contributed by atoms with Crippen molar-refractivity contribution < 1.29 is 23.3 Å². The number of esters is 1. The number of rotatable bonds is 6. The third-order valence-corrected chi connectivity index (χ3v) is 7.27. The van der Waals surface area contributed by atoms with E-state index in [4.69, 9.17) is 9.15 Å². The maximum atomic E-state index is 13.7. The van der Waals surface area contributed by atoms with Crippen LogP contribution in [0.3, 0.4) is 0 Å². The summed E-state index contributed by atoms with van der Waals surface area (Å²) in [7, 11) is 0. The van der Waals surface area contributed by atoms with E-state index >= 15 is 0 Å². The zero-order valence-electron chi connectivity index (χ0n) is 21.1. The lowest BCUT2D eigenvalue weighted by molar-refractivity contribution is -0.384. The fraction of sp³-hybridized carbons (Fsp3) is 0.179. The first-order chi connectivity index (χ1) is 18.7. The van der Waals surface area contributed by atoms with Crippen LogP contribution in [-0.2, 0) is 9.53 Å². The minimum absolute atomic E-state index is 0.0164. The zero-order chi connectivity index (χ0) is 27.8. The van der Waals surface area contributed by atoms with Crippen molar-refractivity contribution in [2.45, 2.75) is 26.8 Å². The number of non-ortho nitro benzene ring substituents is 1. The summed E-state index contributed by atoms with van der Waals surface area (Å²) in [5.74, 6) is -0.156. The lowest BCUT2D eigenvalue weighted by Crippen LogP contribution is -2.39. The van der Waals surface area contributed by atoms with Gasteiger partial charge in [0.15, 0.2) is 4.80 Å². The number of thiazole rings is 1. The van der Waals surface area contributed by atoms with Gasteiger partial charge in [-0.2, -0.15) is 0 Å². The summed E-state index contributed by atoms with van der Waals surface area (Å²) < 4.78 is 26.6. The van der Waals surface area contributed by atoms with Crippen LogP contribution in [0.25, 0.3) is 17.4 Å². The van der Waals surface area contributed by atoms with E-state index in [1.807, 2.05) is 0 Å². The highest BCUT2D eigenvalue weighted by Gasteiger charge is 2.33. The molecule has 0 amide bonds. The molecule has 1 atom stereocenters. The molecular weight excluding hydrogens is 525 g/mol. The number of hydrogen-bond donors (Lipinski definition) is 0. The van der Waals surface area contributed by atoms with Crippen molar-refractivity contribution in [3.05, 3.63) is 118 Å². The van der Waals surface area contributed by atoms with Gasteiger partial charge in [-0.05, 0) is 62.2 Å². The van der Waals surface area contributed by atoms with E-state index in [9.17, 15) is 24.1 Å². The zero-order valence-corrected chi connectivity index (χ0v) is 22.0. The highest BCUT2D eigenvalue weighted by atomic mass is 32.1. The van der Waals surface area contributed by atoms with Gasteiger partial charge in [-0.25, -0.2) is 14.2 Å². The Morgan fingerprint density at radius 1 is 1.21 bits per heavy atom. The minimum atomic E-state index is -0.849. The van der Waals surface area contributed by atoms with Crippen molar-refractivity contribution in [1.29, 1.82) is 0 Å². The summed E-state index contributed by atoms with van der Waals surface area (Å²) in [4.78, 5) is 42.1. The van der Waals surface area contributed by atoms with Crippen LogP contribution in [0.15, 0.2) is 80.1 Å². The number of nitro benzene ring substituents is 1. The second kappa shape index (κ2) is 10.3. The van der Waals surface area contributed by atoms with Crippen LogP contribution in [0.4, 0.5) is 10.1 Å². The first-order valence-electron chi connectivity index (χ1n) is 12.0. The Kier molecular flexibility index (Phi) is 6.83. The Bertz CT molecular complexity index is 1830. The number of carbonyl (C=O) groups is 1. The number of ether oxygens (including phenoxy) is 1. The number of aromatic nitrogens is 1. The van der Waals surface area contributed by atoms with Crippen molar-refractivity contribution in [3.8, 4) is 11.3 Å². The molecule has 198 valence electrons. The molecule has 2 aromatic heterocycles. The van der Waals surface area contributed by atoms with Gasteiger partial charge < -0.3 is 9.15 Å². The molecule has 0 saturated heterocycles. The third kappa shape index (κ3) is 4.84. The van der Waals surface area contributed by atoms with Crippen LogP contribution >= 0.6 is 11.3 Å². The predicted octanol–water partition coefficient (Wildman–Crippen LogP) is 4.41. The number of benzene rings is 2. The SMILES string of the molecule is CCOC(=O)C1=C(C)N=c2s/c(=C\c3ccc(-c4ccc([N+](=O)[O-])cc4C)o3)c(=O)n2[C@H]1c1ccc(F)cc1. The number of nitro groups is 1. The lowest BCUT2D eigenvalue weighted by atomic mass is 9.96. The van der Waals surface area contributed by atoms with Gasteiger partial charge in [-0.15, -0.1) is 0 Å². The molecule has 1 aliphatic heterocycles. The molecule has 2 aromatic carbocycles.